The van der Waals surface area contributed by atoms with Crippen LogP contribution in [0.4, 0.5) is 17.5 Å². The fraction of sp³-hybridized carbons (Fsp3) is 0.474. The normalized spacial score (nSPS) is 16.3. The van der Waals surface area contributed by atoms with Crippen LogP contribution in [0.25, 0.3) is 0 Å². The average Bonchev–Trinajstić information content (AvgIpc) is 3.14. The molecule has 0 N–H and O–H groups in total. The highest BCUT2D eigenvalue weighted by Crippen LogP contribution is 2.28. The van der Waals surface area contributed by atoms with Gasteiger partial charge >= 0.3 is 0 Å². The largest absolute Gasteiger partial charge is 0.361 e. The minimum atomic E-state index is 0.703. The van der Waals surface area contributed by atoms with Gasteiger partial charge in [0.15, 0.2) is 11.6 Å². The number of aryl methyl sites for hydroxylation is 2. The second-order valence-electron chi connectivity index (χ2n) is 7.05. The Morgan fingerprint density at radius 1 is 1.04 bits per heavy atom. The van der Waals surface area contributed by atoms with Crippen LogP contribution in [0, 0.1) is 11.3 Å². The van der Waals surface area contributed by atoms with Crippen LogP contribution in [0.2, 0.25) is 0 Å². The highest BCUT2D eigenvalue weighted by atomic mass is 15.3. The van der Waals surface area contributed by atoms with Crippen LogP contribution in [-0.2, 0) is 12.8 Å². The summed E-state index contributed by atoms with van der Waals surface area (Å²) in [6.45, 7) is 3.36. The van der Waals surface area contributed by atoms with Gasteiger partial charge in [0.1, 0.15) is 11.9 Å². The number of hydrogen-bond donors (Lipinski definition) is 0. The Morgan fingerprint density at radius 3 is 2.46 bits per heavy atom. The van der Waals surface area contributed by atoms with Gasteiger partial charge in [-0.05, 0) is 43.0 Å². The van der Waals surface area contributed by atoms with Crippen molar-refractivity contribution in [1.29, 1.82) is 5.26 Å². The molecular weight excluding hydrogens is 326 g/mol. The lowest BCUT2D eigenvalue weighted by molar-refractivity contribution is 0.636. The lowest BCUT2D eigenvalue weighted by atomic mass is 10.1. The molecule has 0 bridgehead atoms. The maximum atomic E-state index is 9.53. The van der Waals surface area contributed by atoms with Gasteiger partial charge in [0.05, 0.1) is 5.56 Å². The van der Waals surface area contributed by atoms with E-state index >= 15 is 0 Å². The van der Waals surface area contributed by atoms with Gasteiger partial charge in [0, 0.05) is 46.0 Å². The highest BCUT2D eigenvalue weighted by molar-refractivity contribution is 5.58. The minimum absolute atomic E-state index is 0.703. The molecule has 0 saturated carbocycles. The number of fused-ring (bicyclic) bond motifs is 1. The molecule has 4 rings (SSSR count). The Morgan fingerprint density at radius 2 is 1.81 bits per heavy atom. The molecule has 7 nitrogen and oxygen atoms in total. The molecule has 1 aliphatic carbocycles. The van der Waals surface area contributed by atoms with E-state index in [0.717, 1.165) is 62.9 Å². The third-order valence-electron chi connectivity index (χ3n) is 5.15. The lowest BCUT2D eigenvalue weighted by Gasteiger charge is -2.36. The molecule has 0 aromatic carbocycles. The third-order valence-corrected chi connectivity index (χ3v) is 5.15. The van der Waals surface area contributed by atoms with Gasteiger partial charge in [-0.1, -0.05) is 0 Å². The standard InChI is InChI=1S/C19H23N7/c1-24(2)17-6-7-18(23-22-17)25-8-10-26(11-9-25)19-15(13-20)12-14-4-3-5-16(14)21-19/h6-7,12H,3-5,8-11H2,1-2H3. The van der Waals surface area contributed by atoms with Crippen molar-refractivity contribution in [2.45, 2.75) is 19.3 Å². The van der Waals surface area contributed by atoms with Crippen LogP contribution in [0.15, 0.2) is 18.2 Å². The summed E-state index contributed by atoms with van der Waals surface area (Å²) in [5.74, 6) is 2.60. The summed E-state index contributed by atoms with van der Waals surface area (Å²) in [7, 11) is 3.91. The van der Waals surface area contributed by atoms with Crippen LogP contribution >= 0.6 is 0 Å². The van der Waals surface area contributed by atoms with E-state index in [1.807, 2.05) is 37.2 Å². The molecule has 0 atom stereocenters. The Bertz CT molecular complexity index is 830. The highest BCUT2D eigenvalue weighted by Gasteiger charge is 2.24. The van der Waals surface area contributed by atoms with Crippen molar-refractivity contribution >= 4 is 17.5 Å². The molecule has 2 aromatic rings. The van der Waals surface area contributed by atoms with Crippen LogP contribution in [0.5, 0.6) is 0 Å². The van der Waals surface area contributed by atoms with Crippen molar-refractivity contribution in [3.05, 3.63) is 35.0 Å². The molecule has 2 aromatic heterocycles. The number of piperazine rings is 1. The van der Waals surface area contributed by atoms with E-state index in [9.17, 15) is 5.26 Å². The molecular formula is C19H23N7. The van der Waals surface area contributed by atoms with Gasteiger partial charge in [-0.3, -0.25) is 0 Å². The van der Waals surface area contributed by atoms with E-state index in [-0.39, 0.29) is 0 Å². The first-order valence-electron chi connectivity index (χ1n) is 9.09. The number of rotatable bonds is 3. The number of anilines is 3. The smallest absolute Gasteiger partial charge is 0.151 e. The second kappa shape index (κ2) is 6.79. The van der Waals surface area contributed by atoms with Crippen molar-refractivity contribution in [2.24, 2.45) is 0 Å². The number of pyridine rings is 1. The van der Waals surface area contributed by atoms with Crippen LogP contribution < -0.4 is 14.7 Å². The van der Waals surface area contributed by atoms with Gasteiger partial charge in [0.2, 0.25) is 0 Å². The van der Waals surface area contributed by atoms with Crippen LogP contribution in [-0.4, -0.2) is 55.5 Å². The Balaban J connectivity index is 1.48. The van der Waals surface area contributed by atoms with Gasteiger partial charge in [0.25, 0.3) is 0 Å². The first-order valence-corrected chi connectivity index (χ1v) is 9.09. The van der Waals surface area contributed by atoms with E-state index in [2.05, 4.69) is 26.1 Å². The summed E-state index contributed by atoms with van der Waals surface area (Å²) in [5, 5.41) is 18.1. The predicted octanol–water partition coefficient (Wildman–Crippen LogP) is 1.62. The topological polar surface area (TPSA) is 72.2 Å². The van der Waals surface area contributed by atoms with Crippen LogP contribution in [0.1, 0.15) is 23.2 Å². The predicted molar refractivity (Wildman–Crippen MR) is 102 cm³/mol. The summed E-state index contributed by atoms with van der Waals surface area (Å²) in [5.41, 5.74) is 3.13. The summed E-state index contributed by atoms with van der Waals surface area (Å²) >= 11 is 0. The number of nitrogens with zero attached hydrogens (tertiary/aromatic N) is 7. The molecule has 0 unspecified atom stereocenters. The molecule has 26 heavy (non-hydrogen) atoms. The van der Waals surface area contributed by atoms with Crippen molar-refractivity contribution in [1.82, 2.24) is 15.2 Å². The van der Waals surface area contributed by atoms with Crippen molar-refractivity contribution < 1.29 is 0 Å². The Kier molecular flexibility index (Phi) is 4.33. The zero-order valence-electron chi connectivity index (χ0n) is 15.3. The molecule has 1 saturated heterocycles. The average molecular weight is 349 g/mol. The fourth-order valence-corrected chi connectivity index (χ4v) is 3.66. The molecule has 1 aliphatic heterocycles. The monoisotopic (exact) mass is 349 g/mol. The van der Waals surface area contributed by atoms with Crippen molar-refractivity contribution in [3.63, 3.8) is 0 Å². The molecule has 7 heteroatoms. The third kappa shape index (κ3) is 3.03. The molecule has 0 spiro atoms. The molecule has 2 aliphatic rings. The number of nitriles is 1. The maximum Gasteiger partial charge on any atom is 0.151 e. The van der Waals surface area contributed by atoms with E-state index < -0.39 is 0 Å². The zero-order valence-corrected chi connectivity index (χ0v) is 15.3. The van der Waals surface area contributed by atoms with Gasteiger partial charge in [-0.15, -0.1) is 10.2 Å². The lowest BCUT2D eigenvalue weighted by Crippen LogP contribution is -2.47. The van der Waals surface area contributed by atoms with E-state index in [1.165, 1.54) is 11.3 Å². The van der Waals surface area contributed by atoms with Gasteiger partial charge in [-0.25, -0.2) is 4.98 Å². The van der Waals surface area contributed by atoms with Gasteiger partial charge < -0.3 is 14.7 Å². The van der Waals surface area contributed by atoms with E-state index in [4.69, 9.17) is 4.98 Å². The summed E-state index contributed by atoms with van der Waals surface area (Å²) < 4.78 is 0. The quantitative estimate of drug-likeness (QED) is 0.834. The van der Waals surface area contributed by atoms with Gasteiger partial charge in [-0.2, -0.15) is 5.26 Å². The molecule has 3 heterocycles. The Hall–Kier alpha value is -2.88. The molecule has 1 fully saturated rings. The maximum absolute atomic E-state index is 9.53. The SMILES string of the molecule is CN(C)c1ccc(N2CCN(c3nc4c(cc3C#N)CCC4)CC2)nn1. The molecule has 134 valence electrons. The first kappa shape index (κ1) is 16.6. The summed E-state index contributed by atoms with van der Waals surface area (Å²) in [6, 6.07) is 8.39. The molecule has 0 radical (unpaired) electrons. The number of aromatic nitrogens is 3. The van der Waals surface area contributed by atoms with E-state index in [0.29, 0.717) is 5.56 Å². The number of hydrogen-bond acceptors (Lipinski definition) is 7. The van der Waals surface area contributed by atoms with Crippen molar-refractivity contribution in [2.75, 3.05) is 55.0 Å². The van der Waals surface area contributed by atoms with E-state index in [1.54, 1.807) is 0 Å². The molecule has 0 amide bonds. The minimum Gasteiger partial charge on any atom is -0.361 e. The fourth-order valence-electron chi connectivity index (χ4n) is 3.66. The summed E-state index contributed by atoms with van der Waals surface area (Å²) in [6.07, 6.45) is 3.22. The van der Waals surface area contributed by atoms with Crippen molar-refractivity contribution in [3.8, 4) is 6.07 Å². The zero-order chi connectivity index (χ0) is 18.1. The second-order valence-corrected chi connectivity index (χ2v) is 7.05. The van der Waals surface area contributed by atoms with Crippen LogP contribution in [0.3, 0.4) is 0 Å². The first-order chi connectivity index (χ1) is 12.7. The summed E-state index contributed by atoms with van der Waals surface area (Å²) in [4.78, 5) is 11.2. The Labute approximate surface area is 153 Å².